The van der Waals surface area contributed by atoms with E-state index in [1.165, 1.54) is 0 Å². The molecule has 3 aromatic heterocycles. The molecule has 3 heterocycles. The third kappa shape index (κ3) is 5.12. The number of nitriles is 2. The quantitative estimate of drug-likeness (QED) is 0.167. The van der Waals surface area contributed by atoms with Crippen molar-refractivity contribution in [2.75, 3.05) is 0 Å². The summed E-state index contributed by atoms with van der Waals surface area (Å²) in [5.74, 6) is 0. The predicted octanol–water partition coefficient (Wildman–Crippen LogP) is 12.6. The van der Waals surface area contributed by atoms with Crippen molar-refractivity contribution in [1.29, 1.82) is 10.5 Å². The van der Waals surface area contributed by atoms with Gasteiger partial charge in [-0.3, -0.25) is 4.98 Å². The Morgan fingerprint density at radius 3 is 1.70 bits per heavy atom. The van der Waals surface area contributed by atoms with Crippen LogP contribution >= 0.6 is 0 Å². The lowest BCUT2D eigenvalue weighted by Crippen LogP contribution is -2.03. The normalized spacial score (nSPS) is 11.2. The van der Waals surface area contributed by atoms with Crippen LogP contribution in [0.2, 0.25) is 0 Å². The molecule has 0 spiro atoms. The van der Waals surface area contributed by atoms with Crippen LogP contribution in [0.5, 0.6) is 0 Å². The third-order valence-electron chi connectivity index (χ3n) is 10.6. The summed E-state index contributed by atoms with van der Waals surface area (Å²) in [5, 5.41) is 24.2. The average molecular weight is 713 g/mol. The molecule has 0 bridgehead atoms. The first kappa shape index (κ1) is 32.4. The SMILES string of the molecule is [C-]#[N+]c1cccc(-c2ccc3c(c2)c2ccccc2n3-c2ccc(C#N)cc2-c2ncccc2-n2c3ccccc3c3cc(-c4cccc(C#N)c4)ccc32)c1. The van der Waals surface area contributed by atoms with E-state index >= 15 is 0 Å². The topological polar surface area (TPSA) is 74.7 Å². The molecule has 56 heavy (non-hydrogen) atoms. The molecule has 0 amide bonds. The highest BCUT2D eigenvalue weighted by Gasteiger charge is 2.22. The van der Waals surface area contributed by atoms with Gasteiger partial charge in [0.2, 0.25) is 0 Å². The van der Waals surface area contributed by atoms with Crippen molar-refractivity contribution in [1.82, 2.24) is 14.1 Å². The molecule has 0 fully saturated rings. The summed E-state index contributed by atoms with van der Waals surface area (Å²) >= 11 is 0. The van der Waals surface area contributed by atoms with E-state index in [9.17, 15) is 10.5 Å². The van der Waals surface area contributed by atoms with Crippen LogP contribution in [-0.2, 0) is 0 Å². The molecule has 0 atom stereocenters. The molecule has 0 saturated heterocycles. The Morgan fingerprint density at radius 1 is 0.464 bits per heavy atom. The maximum Gasteiger partial charge on any atom is 0.187 e. The zero-order valence-corrected chi connectivity index (χ0v) is 29.8. The minimum Gasteiger partial charge on any atom is -0.309 e. The number of benzene rings is 7. The minimum atomic E-state index is 0.537. The molecule has 0 saturated carbocycles. The zero-order valence-electron chi connectivity index (χ0n) is 29.8. The second kappa shape index (κ2) is 13.0. The van der Waals surface area contributed by atoms with Crippen molar-refractivity contribution in [2.45, 2.75) is 0 Å². The maximum atomic E-state index is 10.2. The van der Waals surface area contributed by atoms with Gasteiger partial charge >= 0.3 is 0 Å². The highest BCUT2D eigenvalue weighted by atomic mass is 15.0. The fraction of sp³-hybridized carbons (Fsp3) is 0. The Morgan fingerprint density at radius 2 is 1.04 bits per heavy atom. The molecular formula is C50H28N6. The van der Waals surface area contributed by atoms with Gasteiger partial charge in [0.05, 0.1) is 69.0 Å². The molecule has 10 rings (SSSR count). The van der Waals surface area contributed by atoms with Gasteiger partial charge < -0.3 is 9.13 Å². The molecule has 0 aliphatic rings. The van der Waals surface area contributed by atoms with Gasteiger partial charge in [-0.05, 0) is 107 Å². The van der Waals surface area contributed by atoms with Gasteiger partial charge in [-0.25, -0.2) is 4.85 Å². The lowest BCUT2D eigenvalue weighted by molar-refractivity contribution is 1.13. The van der Waals surface area contributed by atoms with Crippen LogP contribution in [-0.4, -0.2) is 14.1 Å². The highest BCUT2D eigenvalue weighted by Crippen LogP contribution is 2.42. The number of hydrogen-bond acceptors (Lipinski definition) is 3. The molecular weight excluding hydrogens is 685 g/mol. The summed E-state index contributed by atoms with van der Waals surface area (Å²) in [7, 11) is 0. The first-order valence-electron chi connectivity index (χ1n) is 18.2. The van der Waals surface area contributed by atoms with Crippen molar-refractivity contribution in [3.63, 3.8) is 0 Å². The molecule has 0 unspecified atom stereocenters. The van der Waals surface area contributed by atoms with Crippen LogP contribution in [0.3, 0.4) is 0 Å². The molecule has 6 nitrogen and oxygen atoms in total. The fourth-order valence-corrected chi connectivity index (χ4v) is 8.12. The lowest BCUT2D eigenvalue weighted by atomic mass is 10.0. The van der Waals surface area contributed by atoms with E-state index in [0.717, 1.165) is 88.5 Å². The smallest absolute Gasteiger partial charge is 0.187 e. The van der Waals surface area contributed by atoms with E-state index in [2.05, 4.69) is 117 Å². The first-order valence-corrected chi connectivity index (χ1v) is 18.2. The molecule has 258 valence electrons. The van der Waals surface area contributed by atoms with Crippen molar-refractivity contribution in [3.05, 3.63) is 193 Å². The van der Waals surface area contributed by atoms with E-state index in [-0.39, 0.29) is 0 Å². The van der Waals surface area contributed by atoms with Gasteiger partial charge in [-0.1, -0.05) is 78.9 Å². The standard InChI is InChI=1S/C50H28N6/c1-53-38-12-7-11-35(27-38)37-20-22-46-41(29-37)39-13-2-4-15-44(39)55(46)48-21-18-33(31-52)26-43(48)50-49(17-8-24-54-50)56-45-16-5-3-14-40(45)42-28-36(19-23-47(42)56)34-10-6-9-32(25-34)30-51/h2-29H. The monoisotopic (exact) mass is 712 g/mol. The van der Waals surface area contributed by atoms with E-state index in [4.69, 9.17) is 11.6 Å². The van der Waals surface area contributed by atoms with E-state index in [1.807, 2.05) is 79.0 Å². The van der Waals surface area contributed by atoms with E-state index in [0.29, 0.717) is 16.8 Å². The highest BCUT2D eigenvalue weighted by molar-refractivity contribution is 6.12. The van der Waals surface area contributed by atoms with Crippen LogP contribution < -0.4 is 0 Å². The van der Waals surface area contributed by atoms with Crippen molar-refractivity contribution < 1.29 is 0 Å². The Balaban J connectivity index is 1.21. The molecule has 10 aromatic rings. The third-order valence-corrected chi connectivity index (χ3v) is 10.6. The van der Waals surface area contributed by atoms with Gasteiger partial charge in [-0.15, -0.1) is 0 Å². The maximum absolute atomic E-state index is 10.2. The van der Waals surface area contributed by atoms with Gasteiger partial charge in [0, 0.05) is 33.3 Å². The minimum absolute atomic E-state index is 0.537. The summed E-state index contributed by atoms with van der Waals surface area (Å²) in [4.78, 5) is 8.73. The van der Waals surface area contributed by atoms with Crippen LogP contribution in [0, 0.1) is 29.2 Å². The molecule has 0 N–H and O–H groups in total. The number of rotatable bonds is 5. The van der Waals surface area contributed by atoms with Crippen LogP contribution in [0.1, 0.15) is 11.1 Å². The summed E-state index contributed by atoms with van der Waals surface area (Å²) in [5.41, 5.74) is 13.3. The largest absolute Gasteiger partial charge is 0.309 e. The fourth-order valence-electron chi connectivity index (χ4n) is 8.12. The Kier molecular flexibility index (Phi) is 7.53. The van der Waals surface area contributed by atoms with Gasteiger partial charge in [0.25, 0.3) is 0 Å². The average Bonchev–Trinajstić information content (AvgIpc) is 3.78. The van der Waals surface area contributed by atoms with Crippen molar-refractivity contribution in [3.8, 4) is 57.0 Å². The van der Waals surface area contributed by atoms with Gasteiger partial charge in [0.15, 0.2) is 5.69 Å². The molecule has 7 aromatic carbocycles. The summed E-state index contributed by atoms with van der Waals surface area (Å²) in [6.07, 6.45) is 1.81. The number of pyridine rings is 1. The number of aromatic nitrogens is 3. The number of nitrogens with zero attached hydrogens (tertiary/aromatic N) is 6. The van der Waals surface area contributed by atoms with Crippen molar-refractivity contribution in [2.24, 2.45) is 0 Å². The Hall–Kier alpha value is -8.24. The second-order valence-corrected chi connectivity index (χ2v) is 13.7. The van der Waals surface area contributed by atoms with Crippen LogP contribution in [0.25, 0.3) is 93.3 Å². The molecule has 0 aliphatic heterocycles. The number of para-hydroxylation sites is 2. The summed E-state index contributed by atoms with van der Waals surface area (Å²) in [6, 6.07) is 59.6. The first-order chi connectivity index (χ1) is 27.6. The Labute approximate surface area is 322 Å². The van der Waals surface area contributed by atoms with E-state index in [1.54, 1.807) is 0 Å². The summed E-state index contributed by atoms with van der Waals surface area (Å²) in [6.45, 7) is 7.54. The van der Waals surface area contributed by atoms with E-state index < -0.39 is 0 Å². The molecule has 0 radical (unpaired) electrons. The lowest BCUT2D eigenvalue weighted by Gasteiger charge is -2.18. The number of hydrogen-bond donors (Lipinski definition) is 0. The van der Waals surface area contributed by atoms with Crippen LogP contribution in [0.15, 0.2) is 170 Å². The summed E-state index contributed by atoms with van der Waals surface area (Å²) < 4.78 is 4.53. The Bertz CT molecular complexity index is 3360. The second-order valence-electron chi connectivity index (χ2n) is 13.7. The molecule has 0 aliphatic carbocycles. The number of fused-ring (bicyclic) bond motifs is 6. The van der Waals surface area contributed by atoms with Gasteiger partial charge in [0.1, 0.15) is 0 Å². The van der Waals surface area contributed by atoms with Crippen LogP contribution in [0.4, 0.5) is 5.69 Å². The zero-order chi connectivity index (χ0) is 37.8. The van der Waals surface area contributed by atoms with Gasteiger partial charge in [-0.2, -0.15) is 10.5 Å². The van der Waals surface area contributed by atoms with Crippen molar-refractivity contribution >= 4 is 49.3 Å². The predicted molar refractivity (Wildman–Crippen MR) is 225 cm³/mol. The molecule has 6 heteroatoms.